The van der Waals surface area contributed by atoms with Gasteiger partial charge in [0.15, 0.2) is 0 Å². The smallest absolute Gasteiger partial charge is 0.325 e. The summed E-state index contributed by atoms with van der Waals surface area (Å²) in [6.45, 7) is 6.52. The van der Waals surface area contributed by atoms with E-state index in [2.05, 4.69) is 4.99 Å². The Morgan fingerprint density at radius 2 is 2.05 bits per heavy atom. The van der Waals surface area contributed by atoms with Gasteiger partial charge in [-0.3, -0.25) is 14.6 Å². The lowest BCUT2D eigenvalue weighted by Crippen LogP contribution is -2.34. The predicted octanol–water partition coefficient (Wildman–Crippen LogP) is 2.06. The van der Waals surface area contributed by atoms with Gasteiger partial charge in [-0.15, -0.1) is 0 Å². The van der Waals surface area contributed by atoms with Gasteiger partial charge in [0.1, 0.15) is 12.3 Å². The number of esters is 1. The highest BCUT2D eigenvalue weighted by Gasteiger charge is 2.35. The molecular formula is C17H22N2O3. The summed E-state index contributed by atoms with van der Waals surface area (Å²) in [4.78, 5) is 30.0. The molecule has 1 saturated heterocycles. The third-order valence-corrected chi connectivity index (χ3v) is 3.43. The number of carbonyl (C=O) groups is 2. The fourth-order valence-corrected chi connectivity index (χ4v) is 2.45. The van der Waals surface area contributed by atoms with Crippen LogP contribution in [0.5, 0.6) is 0 Å². The molecule has 1 aliphatic heterocycles. The van der Waals surface area contributed by atoms with Crippen molar-refractivity contribution in [3.63, 3.8) is 0 Å². The first-order valence-electron chi connectivity index (χ1n) is 7.54. The maximum atomic E-state index is 12.3. The molecule has 0 radical (unpaired) electrons. The zero-order valence-corrected chi connectivity index (χ0v) is 13.3. The first-order valence-corrected chi connectivity index (χ1v) is 7.54. The lowest BCUT2D eigenvalue weighted by atomic mass is 10.1. The van der Waals surface area contributed by atoms with Gasteiger partial charge in [0, 0.05) is 12.5 Å². The van der Waals surface area contributed by atoms with Crippen molar-refractivity contribution in [1.82, 2.24) is 4.90 Å². The van der Waals surface area contributed by atoms with E-state index in [1.807, 2.05) is 37.3 Å². The van der Waals surface area contributed by atoms with E-state index in [-0.39, 0.29) is 30.4 Å². The van der Waals surface area contributed by atoms with Gasteiger partial charge in [-0.05, 0) is 19.4 Å². The molecule has 0 aliphatic carbocycles. The van der Waals surface area contributed by atoms with Gasteiger partial charge in [0.05, 0.1) is 12.6 Å². The summed E-state index contributed by atoms with van der Waals surface area (Å²) in [6.07, 6.45) is -0.172. The summed E-state index contributed by atoms with van der Waals surface area (Å²) in [6, 6.07) is 9.80. The number of likely N-dealkylation sites (tertiary alicyclic amines) is 1. The number of carbonyl (C=O) groups excluding carboxylic acids is 2. The molecule has 0 saturated carbocycles. The second-order valence-corrected chi connectivity index (χ2v) is 5.81. The molecule has 5 heteroatoms. The Morgan fingerprint density at radius 3 is 2.68 bits per heavy atom. The quantitative estimate of drug-likeness (QED) is 0.782. The number of amides is 1. The van der Waals surface area contributed by atoms with E-state index in [1.54, 1.807) is 13.8 Å². The number of benzene rings is 1. The summed E-state index contributed by atoms with van der Waals surface area (Å²) in [5, 5.41) is 0. The van der Waals surface area contributed by atoms with Crippen LogP contribution in [0.4, 0.5) is 0 Å². The normalized spacial score (nSPS) is 20.0. The van der Waals surface area contributed by atoms with E-state index in [0.717, 1.165) is 5.56 Å². The van der Waals surface area contributed by atoms with E-state index in [1.165, 1.54) is 4.90 Å². The molecule has 1 fully saturated rings. The minimum atomic E-state index is -0.375. The van der Waals surface area contributed by atoms with E-state index in [9.17, 15) is 9.59 Å². The topological polar surface area (TPSA) is 59.0 Å². The predicted molar refractivity (Wildman–Crippen MR) is 84.6 cm³/mol. The fraction of sp³-hybridized carbons (Fsp3) is 0.471. The summed E-state index contributed by atoms with van der Waals surface area (Å²) in [5.74, 6) is -0.507. The van der Waals surface area contributed by atoms with Gasteiger partial charge in [0.2, 0.25) is 0 Å². The number of hydrogen-bond donors (Lipinski definition) is 0. The maximum absolute atomic E-state index is 12.3. The number of rotatable bonds is 5. The SMILES string of the molecule is CC(C)OC(=O)CN1CC(C)C(=NCc2ccccc2)C1=O. The summed E-state index contributed by atoms with van der Waals surface area (Å²) in [5.41, 5.74) is 1.61. The molecule has 0 N–H and O–H groups in total. The van der Waals surface area contributed by atoms with Crippen LogP contribution in [0.1, 0.15) is 26.3 Å². The first-order chi connectivity index (χ1) is 10.5. The molecule has 1 heterocycles. The molecule has 118 valence electrons. The van der Waals surface area contributed by atoms with Gasteiger partial charge in [-0.25, -0.2) is 0 Å². The van der Waals surface area contributed by atoms with Gasteiger partial charge < -0.3 is 9.64 Å². The number of nitrogens with zero attached hydrogens (tertiary/aromatic N) is 2. The number of aliphatic imine (C=N–C) groups is 1. The standard InChI is InChI=1S/C17H22N2O3/c1-12(2)22-15(20)11-19-10-13(3)16(17(19)21)18-9-14-7-5-4-6-8-14/h4-8,12-13H,9-11H2,1-3H3. The van der Waals surface area contributed by atoms with Crippen LogP contribution >= 0.6 is 0 Å². The van der Waals surface area contributed by atoms with Crippen LogP contribution in [-0.2, 0) is 20.9 Å². The Hall–Kier alpha value is -2.17. The fourth-order valence-electron chi connectivity index (χ4n) is 2.45. The minimum Gasteiger partial charge on any atom is -0.462 e. The van der Waals surface area contributed by atoms with Crippen molar-refractivity contribution in [3.8, 4) is 0 Å². The minimum absolute atomic E-state index is 0.00822. The van der Waals surface area contributed by atoms with Gasteiger partial charge >= 0.3 is 5.97 Å². The van der Waals surface area contributed by atoms with Crippen LogP contribution in [0.2, 0.25) is 0 Å². The molecule has 1 unspecified atom stereocenters. The van der Waals surface area contributed by atoms with Gasteiger partial charge in [-0.2, -0.15) is 0 Å². The molecule has 0 aromatic heterocycles. The van der Waals surface area contributed by atoms with Crippen molar-refractivity contribution >= 4 is 17.6 Å². The van der Waals surface area contributed by atoms with Crippen molar-refractivity contribution in [1.29, 1.82) is 0 Å². The van der Waals surface area contributed by atoms with Crippen molar-refractivity contribution in [2.45, 2.75) is 33.4 Å². The lowest BCUT2D eigenvalue weighted by Gasteiger charge is -2.15. The van der Waals surface area contributed by atoms with Crippen molar-refractivity contribution in [2.75, 3.05) is 13.1 Å². The second-order valence-electron chi connectivity index (χ2n) is 5.81. The average Bonchev–Trinajstić information content (AvgIpc) is 2.71. The van der Waals surface area contributed by atoms with Crippen LogP contribution in [0.25, 0.3) is 0 Å². The Labute approximate surface area is 131 Å². The molecule has 1 aromatic rings. The van der Waals surface area contributed by atoms with Gasteiger partial charge in [0.25, 0.3) is 5.91 Å². The highest BCUT2D eigenvalue weighted by atomic mass is 16.5. The molecular weight excluding hydrogens is 280 g/mol. The number of ether oxygens (including phenoxy) is 1. The molecule has 22 heavy (non-hydrogen) atoms. The Morgan fingerprint density at radius 1 is 1.36 bits per heavy atom. The highest BCUT2D eigenvalue weighted by molar-refractivity contribution is 6.41. The largest absolute Gasteiger partial charge is 0.462 e. The third kappa shape index (κ3) is 4.16. The van der Waals surface area contributed by atoms with Crippen molar-refractivity contribution in [3.05, 3.63) is 35.9 Å². The monoisotopic (exact) mass is 302 g/mol. The molecule has 0 bridgehead atoms. The van der Waals surface area contributed by atoms with E-state index in [4.69, 9.17) is 4.74 Å². The molecule has 1 aromatic carbocycles. The van der Waals surface area contributed by atoms with E-state index in [0.29, 0.717) is 18.8 Å². The molecule has 1 aliphatic rings. The van der Waals surface area contributed by atoms with Crippen LogP contribution in [0, 0.1) is 5.92 Å². The van der Waals surface area contributed by atoms with Crippen LogP contribution < -0.4 is 0 Å². The second kappa shape index (κ2) is 7.20. The summed E-state index contributed by atoms with van der Waals surface area (Å²) >= 11 is 0. The third-order valence-electron chi connectivity index (χ3n) is 3.43. The molecule has 2 rings (SSSR count). The van der Waals surface area contributed by atoms with Gasteiger partial charge in [-0.1, -0.05) is 37.3 Å². The zero-order chi connectivity index (χ0) is 16.1. The van der Waals surface area contributed by atoms with Crippen molar-refractivity contribution < 1.29 is 14.3 Å². The van der Waals surface area contributed by atoms with Crippen molar-refractivity contribution in [2.24, 2.45) is 10.9 Å². The van der Waals surface area contributed by atoms with Crippen LogP contribution in [-0.4, -0.2) is 41.7 Å². The highest BCUT2D eigenvalue weighted by Crippen LogP contribution is 2.16. The maximum Gasteiger partial charge on any atom is 0.325 e. The van der Waals surface area contributed by atoms with Crippen LogP contribution in [0.3, 0.4) is 0 Å². The Kier molecular flexibility index (Phi) is 5.31. The Balaban J connectivity index is 1.99. The number of hydrogen-bond acceptors (Lipinski definition) is 4. The summed E-state index contributed by atoms with van der Waals surface area (Å²) in [7, 11) is 0. The van der Waals surface area contributed by atoms with E-state index >= 15 is 0 Å². The molecule has 1 atom stereocenters. The molecule has 5 nitrogen and oxygen atoms in total. The molecule has 1 amide bonds. The zero-order valence-electron chi connectivity index (χ0n) is 13.3. The first kappa shape index (κ1) is 16.2. The van der Waals surface area contributed by atoms with E-state index < -0.39 is 0 Å². The Bertz CT molecular complexity index is 567. The average molecular weight is 302 g/mol. The molecule has 0 spiro atoms. The summed E-state index contributed by atoms with van der Waals surface area (Å²) < 4.78 is 5.09. The lowest BCUT2D eigenvalue weighted by molar-refractivity contribution is -0.150. The van der Waals surface area contributed by atoms with Crippen LogP contribution in [0.15, 0.2) is 35.3 Å².